The van der Waals surface area contributed by atoms with Crippen LogP contribution < -0.4 is 14.8 Å². The Morgan fingerprint density at radius 1 is 1.15 bits per heavy atom. The van der Waals surface area contributed by atoms with Gasteiger partial charge in [0, 0.05) is 6.54 Å². The molecule has 0 heterocycles. The van der Waals surface area contributed by atoms with Crippen LogP contribution in [0.25, 0.3) is 0 Å². The van der Waals surface area contributed by atoms with Crippen LogP contribution in [-0.4, -0.2) is 37.6 Å². The van der Waals surface area contributed by atoms with Crippen LogP contribution in [0.3, 0.4) is 0 Å². The molecular weight excluding hydrogens is 364 g/mol. The zero-order valence-corrected chi connectivity index (χ0v) is 17.1. The Bertz CT molecular complexity index is 780. The summed E-state index contributed by atoms with van der Waals surface area (Å²) in [6.45, 7) is 8.15. The van der Waals surface area contributed by atoms with Crippen molar-refractivity contribution >= 4 is 23.2 Å². The molecule has 5 nitrogen and oxygen atoms in total. The summed E-state index contributed by atoms with van der Waals surface area (Å²) in [5.41, 5.74) is 2.74. The first-order valence-corrected chi connectivity index (χ1v) is 9.42. The molecule has 0 unspecified atom stereocenters. The summed E-state index contributed by atoms with van der Waals surface area (Å²) in [5.74, 6) is 1.32. The number of carbonyl (C=O) groups excluding carboxylic acids is 1. The van der Waals surface area contributed by atoms with Crippen LogP contribution in [0.5, 0.6) is 11.5 Å². The number of benzene rings is 2. The monoisotopic (exact) mass is 390 g/mol. The van der Waals surface area contributed by atoms with Gasteiger partial charge in [0.15, 0.2) is 11.5 Å². The van der Waals surface area contributed by atoms with Gasteiger partial charge in [-0.15, -0.1) is 0 Å². The number of hydrogen-bond donors (Lipinski definition) is 1. The summed E-state index contributed by atoms with van der Waals surface area (Å²) in [6, 6.07) is 11.4. The number of nitrogens with zero attached hydrogens (tertiary/aromatic N) is 1. The van der Waals surface area contributed by atoms with Gasteiger partial charge in [0.2, 0.25) is 5.91 Å². The highest BCUT2D eigenvalue weighted by Gasteiger charge is 2.13. The molecule has 2 rings (SSSR count). The largest absolute Gasteiger partial charge is 0.493 e. The van der Waals surface area contributed by atoms with Crippen LogP contribution in [0.1, 0.15) is 25.0 Å². The number of methoxy groups -OCH3 is 1. The van der Waals surface area contributed by atoms with Crippen molar-refractivity contribution in [1.29, 1.82) is 0 Å². The fourth-order valence-corrected chi connectivity index (χ4v) is 3.02. The predicted molar refractivity (Wildman–Crippen MR) is 110 cm³/mol. The smallest absolute Gasteiger partial charge is 0.238 e. The molecule has 2 aromatic rings. The number of anilines is 1. The minimum atomic E-state index is -0.0968. The summed E-state index contributed by atoms with van der Waals surface area (Å²) >= 11 is 6.19. The van der Waals surface area contributed by atoms with Gasteiger partial charge in [0.25, 0.3) is 0 Å². The van der Waals surface area contributed by atoms with Crippen molar-refractivity contribution in [1.82, 2.24) is 4.90 Å². The second-order valence-corrected chi connectivity index (χ2v) is 6.66. The average Bonchev–Trinajstić information content (AvgIpc) is 2.64. The van der Waals surface area contributed by atoms with Crippen molar-refractivity contribution < 1.29 is 14.3 Å². The molecule has 0 saturated heterocycles. The van der Waals surface area contributed by atoms with Crippen LogP contribution >= 0.6 is 11.6 Å². The minimum Gasteiger partial charge on any atom is -0.493 e. The molecule has 0 aliphatic rings. The maximum atomic E-state index is 12.4. The van der Waals surface area contributed by atoms with Crippen molar-refractivity contribution in [2.24, 2.45) is 0 Å². The van der Waals surface area contributed by atoms with E-state index in [1.54, 1.807) is 7.11 Å². The molecule has 1 amide bonds. The van der Waals surface area contributed by atoms with E-state index in [-0.39, 0.29) is 12.5 Å². The first-order valence-electron chi connectivity index (χ1n) is 9.04. The van der Waals surface area contributed by atoms with Crippen molar-refractivity contribution in [3.8, 4) is 11.5 Å². The molecule has 0 aliphatic carbocycles. The first-order chi connectivity index (χ1) is 13.0. The highest BCUT2D eigenvalue weighted by molar-refractivity contribution is 6.33. The third-order valence-corrected chi connectivity index (χ3v) is 4.46. The number of amides is 1. The molecule has 0 radical (unpaired) electrons. The lowest BCUT2D eigenvalue weighted by molar-refractivity contribution is -0.117. The van der Waals surface area contributed by atoms with Crippen molar-refractivity contribution in [3.05, 3.63) is 52.5 Å². The standard InChI is InChI=1S/C21H27ClN2O3/c1-5-24(13-16-8-10-19(27-6-2)20(12-16)26-4)14-21(25)23-18-9-7-15(3)11-17(18)22/h7-12H,5-6,13-14H2,1-4H3,(H,23,25). The van der Waals surface area contributed by atoms with E-state index in [9.17, 15) is 4.79 Å². The number of ether oxygens (including phenoxy) is 2. The fourth-order valence-electron chi connectivity index (χ4n) is 2.74. The maximum absolute atomic E-state index is 12.4. The molecule has 0 fully saturated rings. The van der Waals surface area contributed by atoms with Gasteiger partial charge in [0.05, 0.1) is 31.0 Å². The molecule has 2 aromatic carbocycles. The second kappa shape index (κ2) is 10.2. The van der Waals surface area contributed by atoms with Crippen LogP contribution in [0.4, 0.5) is 5.69 Å². The number of carbonyl (C=O) groups is 1. The van der Waals surface area contributed by atoms with E-state index in [0.29, 0.717) is 29.6 Å². The number of halogens is 1. The number of likely N-dealkylation sites (N-methyl/N-ethyl adjacent to an activating group) is 1. The first kappa shape index (κ1) is 21.1. The molecule has 27 heavy (non-hydrogen) atoms. The summed E-state index contributed by atoms with van der Waals surface area (Å²) in [4.78, 5) is 14.5. The molecule has 146 valence electrons. The van der Waals surface area contributed by atoms with Gasteiger partial charge in [-0.25, -0.2) is 0 Å². The summed E-state index contributed by atoms with van der Waals surface area (Å²) in [5, 5.41) is 3.42. The molecule has 1 N–H and O–H groups in total. The Hall–Kier alpha value is -2.24. The van der Waals surface area contributed by atoms with Gasteiger partial charge in [-0.2, -0.15) is 0 Å². The topological polar surface area (TPSA) is 50.8 Å². The van der Waals surface area contributed by atoms with Gasteiger partial charge in [0.1, 0.15) is 0 Å². The summed E-state index contributed by atoms with van der Waals surface area (Å²) in [6.07, 6.45) is 0. The Kier molecular flexibility index (Phi) is 7.95. The van der Waals surface area contributed by atoms with Crippen molar-refractivity contribution in [2.75, 3.05) is 32.1 Å². The van der Waals surface area contributed by atoms with Crippen molar-refractivity contribution in [2.45, 2.75) is 27.3 Å². The van der Waals surface area contributed by atoms with Crippen LogP contribution in [-0.2, 0) is 11.3 Å². The Balaban J connectivity index is 2.01. The maximum Gasteiger partial charge on any atom is 0.238 e. The third kappa shape index (κ3) is 6.15. The Labute approximate surface area is 166 Å². The van der Waals surface area contributed by atoms with Crippen LogP contribution in [0.2, 0.25) is 5.02 Å². The minimum absolute atomic E-state index is 0.0968. The highest BCUT2D eigenvalue weighted by Crippen LogP contribution is 2.28. The molecule has 0 spiro atoms. The predicted octanol–water partition coefficient (Wildman–Crippen LogP) is 4.52. The fraction of sp³-hybridized carbons (Fsp3) is 0.381. The molecule has 0 atom stereocenters. The zero-order chi connectivity index (χ0) is 19.8. The molecule has 6 heteroatoms. The van der Waals surface area contributed by atoms with E-state index in [1.165, 1.54) is 0 Å². The zero-order valence-electron chi connectivity index (χ0n) is 16.3. The lowest BCUT2D eigenvalue weighted by Gasteiger charge is -2.21. The normalized spacial score (nSPS) is 10.7. The van der Waals surface area contributed by atoms with E-state index >= 15 is 0 Å². The summed E-state index contributed by atoms with van der Waals surface area (Å²) < 4.78 is 10.9. The van der Waals surface area contributed by atoms with Gasteiger partial charge in [-0.3, -0.25) is 9.69 Å². The second-order valence-electron chi connectivity index (χ2n) is 6.25. The van der Waals surface area contributed by atoms with Crippen LogP contribution in [0.15, 0.2) is 36.4 Å². The lowest BCUT2D eigenvalue weighted by Crippen LogP contribution is -2.32. The van der Waals surface area contributed by atoms with Gasteiger partial charge >= 0.3 is 0 Å². The molecule has 0 aromatic heterocycles. The number of rotatable bonds is 9. The van der Waals surface area contributed by atoms with E-state index < -0.39 is 0 Å². The quantitative estimate of drug-likeness (QED) is 0.684. The molecule has 0 bridgehead atoms. The average molecular weight is 391 g/mol. The lowest BCUT2D eigenvalue weighted by atomic mass is 10.2. The molecule has 0 saturated carbocycles. The van der Waals surface area contributed by atoms with Gasteiger partial charge in [-0.05, 0) is 55.8 Å². The third-order valence-electron chi connectivity index (χ3n) is 4.15. The SMILES string of the molecule is CCOc1ccc(CN(CC)CC(=O)Nc2ccc(C)cc2Cl)cc1OC. The number of aryl methyl sites for hydroxylation is 1. The number of nitrogens with one attached hydrogen (secondary N) is 1. The summed E-state index contributed by atoms with van der Waals surface area (Å²) in [7, 11) is 1.62. The molecule has 0 aliphatic heterocycles. The van der Waals surface area contributed by atoms with Crippen molar-refractivity contribution in [3.63, 3.8) is 0 Å². The Morgan fingerprint density at radius 2 is 1.93 bits per heavy atom. The van der Waals surface area contributed by atoms with Crippen LogP contribution in [0, 0.1) is 6.92 Å². The van der Waals surface area contributed by atoms with Gasteiger partial charge in [-0.1, -0.05) is 30.7 Å². The highest BCUT2D eigenvalue weighted by atomic mass is 35.5. The molecular formula is C21H27ClN2O3. The number of hydrogen-bond acceptors (Lipinski definition) is 4. The van der Waals surface area contributed by atoms with E-state index in [0.717, 1.165) is 23.4 Å². The van der Waals surface area contributed by atoms with E-state index in [4.69, 9.17) is 21.1 Å². The Morgan fingerprint density at radius 3 is 2.56 bits per heavy atom. The van der Waals surface area contributed by atoms with E-state index in [1.807, 2.05) is 62.1 Å². The van der Waals surface area contributed by atoms with E-state index in [2.05, 4.69) is 5.32 Å². The van der Waals surface area contributed by atoms with Gasteiger partial charge < -0.3 is 14.8 Å².